The number of aliphatic carboxylic acids is 1. The number of carboxylic acids is 1. The van der Waals surface area contributed by atoms with Gasteiger partial charge in [0, 0.05) is 6.54 Å². The molecule has 3 amide bonds. The highest BCUT2D eigenvalue weighted by Gasteiger charge is 2.40. The van der Waals surface area contributed by atoms with Gasteiger partial charge in [0.1, 0.15) is 23.9 Å². The molecule has 7 N–H and O–H groups in total. The molecule has 11 nitrogen and oxygen atoms in total. The van der Waals surface area contributed by atoms with Crippen LogP contribution in [0.1, 0.15) is 31.7 Å². The number of phenols is 1. The zero-order chi connectivity index (χ0) is 26.1. The van der Waals surface area contributed by atoms with Gasteiger partial charge < -0.3 is 36.6 Å². The topological polar surface area (TPSA) is 182 Å². The van der Waals surface area contributed by atoms with Crippen molar-refractivity contribution in [3.8, 4) is 5.75 Å². The van der Waals surface area contributed by atoms with Crippen molar-refractivity contribution in [3.05, 3.63) is 29.8 Å². The van der Waals surface area contributed by atoms with Crippen molar-refractivity contribution in [2.24, 2.45) is 5.73 Å². The van der Waals surface area contributed by atoms with Gasteiger partial charge in [0.05, 0.1) is 12.1 Å². The Labute approximate surface area is 208 Å². The molecule has 194 valence electrons. The minimum absolute atomic E-state index is 0.0784. The summed E-state index contributed by atoms with van der Waals surface area (Å²) in [5.41, 5.74) is 6.69. The van der Waals surface area contributed by atoms with E-state index in [1.165, 1.54) is 35.7 Å². The van der Waals surface area contributed by atoms with Crippen LogP contribution in [0.15, 0.2) is 24.3 Å². The molecule has 5 unspecified atom stereocenters. The number of nitrogens with one attached hydrogen (secondary N) is 2. The number of aliphatic hydroxyl groups excluding tert-OH is 1. The lowest BCUT2D eigenvalue weighted by atomic mass is 10.0. The number of benzene rings is 1. The first kappa shape index (κ1) is 28.4. The van der Waals surface area contributed by atoms with Crippen LogP contribution in [0.2, 0.25) is 0 Å². The molecule has 35 heavy (non-hydrogen) atoms. The third-order valence-electron chi connectivity index (χ3n) is 5.84. The van der Waals surface area contributed by atoms with E-state index in [4.69, 9.17) is 5.73 Å². The van der Waals surface area contributed by atoms with Crippen molar-refractivity contribution >= 4 is 35.5 Å². The second-order valence-corrected chi connectivity index (χ2v) is 9.56. The molecule has 1 aliphatic rings. The van der Waals surface area contributed by atoms with Gasteiger partial charge >= 0.3 is 5.97 Å². The van der Waals surface area contributed by atoms with E-state index in [9.17, 15) is 34.5 Å². The lowest BCUT2D eigenvalue weighted by Crippen LogP contribution is -2.59. The molecule has 0 aromatic heterocycles. The Kier molecular flexibility index (Phi) is 10.8. The van der Waals surface area contributed by atoms with E-state index in [2.05, 4.69) is 10.6 Å². The van der Waals surface area contributed by atoms with E-state index in [1.54, 1.807) is 12.1 Å². The van der Waals surface area contributed by atoms with E-state index in [0.29, 0.717) is 24.2 Å². The average molecular weight is 511 g/mol. The third kappa shape index (κ3) is 8.11. The Bertz CT molecular complexity index is 896. The largest absolute Gasteiger partial charge is 0.508 e. The Morgan fingerprint density at radius 1 is 1.20 bits per heavy atom. The Morgan fingerprint density at radius 2 is 1.86 bits per heavy atom. The molecule has 1 aromatic carbocycles. The Hall–Kier alpha value is -2.83. The van der Waals surface area contributed by atoms with Crippen molar-refractivity contribution in [1.29, 1.82) is 0 Å². The molecule has 1 heterocycles. The van der Waals surface area contributed by atoms with E-state index >= 15 is 0 Å². The number of likely N-dealkylation sites (tertiary alicyclic amines) is 1. The number of nitrogens with two attached hydrogens (primary N) is 1. The molecule has 1 aliphatic heterocycles. The Balaban J connectivity index is 2.06. The van der Waals surface area contributed by atoms with Crippen LogP contribution in [0.25, 0.3) is 0 Å². The standard InChI is InChI=1S/C23H34N4O7S/c1-13(28)19(26-20(30)16(24)12-14-5-7-15(29)8-6-14)22(32)27-10-3-4-18(27)21(31)25-17(23(33)34)9-11-35-2/h5-8,13,16-19,28-29H,3-4,9-12,24H2,1-2H3,(H,25,31)(H,26,30)(H,33,34). The van der Waals surface area contributed by atoms with Gasteiger partial charge in [0.25, 0.3) is 0 Å². The van der Waals surface area contributed by atoms with Crippen molar-refractivity contribution in [1.82, 2.24) is 15.5 Å². The van der Waals surface area contributed by atoms with Crippen LogP contribution < -0.4 is 16.4 Å². The van der Waals surface area contributed by atoms with Crippen molar-refractivity contribution in [3.63, 3.8) is 0 Å². The molecular formula is C23H34N4O7S. The summed E-state index contributed by atoms with van der Waals surface area (Å²) < 4.78 is 0. The van der Waals surface area contributed by atoms with Gasteiger partial charge in [-0.15, -0.1) is 0 Å². The number of amides is 3. The summed E-state index contributed by atoms with van der Waals surface area (Å²) in [6.45, 7) is 1.58. The smallest absolute Gasteiger partial charge is 0.326 e. The van der Waals surface area contributed by atoms with Gasteiger partial charge in [-0.2, -0.15) is 11.8 Å². The second kappa shape index (κ2) is 13.3. The van der Waals surface area contributed by atoms with Gasteiger partial charge in [-0.25, -0.2) is 4.79 Å². The predicted octanol–water partition coefficient (Wildman–Crippen LogP) is -0.559. The van der Waals surface area contributed by atoms with Gasteiger partial charge in [-0.05, 0) is 62.3 Å². The number of carboxylic acid groups (broad SMARTS) is 1. The highest BCUT2D eigenvalue weighted by Crippen LogP contribution is 2.20. The number of nitrogens with zero attached hydrogens (tertiary/aromatic N) is 1. The van der Waals surface area contributed by atoms with Crippen LogP contribution in [0, 0.1) is 0 Å². The maximum Gasteiger partial charge on any atom is 0.326 e. The number of aromatic hydroxyl groups is 1. The van der Waals surface area contributed by atoms with Gasteiger partial charge in [0.15, 0.2) is 0 Å². The zero-order valence-electron chi connectivity index (χ0n) is 19.8. The first-order chi connectivity index (χ1) is 16.5. The number of aliphatic hydroxyl groups is 1. The molecule has 5 atom stereocenters. The van der Waals surface area contributed by atoms with Crippen LogP contribution in [-0.2, 0) is 25.6 Å². The zero-order valence-corrected chi connectivity index (χ0v) is 20.7. The molecule has 1 saturated heterocycles. The fourth-order valence-electron chi connectivity index (χ4n) is 3.87. The van der Waals surface area contributed by atoms with Gasteiger partial charge in [0.2, 0.25) is 17.7 Å². The average Bonchev–Trinajstić information content (AvgIpc) is 3.30. The lowest BCUT2D eigenvalue weighted by molar-refractivity contribution is -0.146. The van der Waals surface area contributed by atoms with Crippen molar-refractivity contribution < 1.29 is 34.5 Å². The van der Waals surface area contributed by atoms with Gasteiger partial charge in [-0.1, -0.05) is 12.1 Å². The number of phenolic OH excluding ortho intramolecular Hbond substituents is 1. The minimum Gasteiger partial charge on any atom is -0.508 e. The quantitative estimate of drug-likeness (QED) is 0.215. The molecular weight excluding hydrogens is 476 g/mol. The molecule has 12 heteroatoms. The molecule has 0 radical (unpaired) electrons. The number of hydrogen-bond donors (Lipinski definition) is 6. The van der Waals surface area contributed by atoms with Crippen LogP contribution in [-0.4, -0.2) is 92.7 Å². The molecule has 0 bridgehead atoms. The fourth-order valence-corrected chi connectivity index (χ4v) is 4.34. The summed E-state index contributed by atoms with van der Waals surface area (Å²) in [4.78, 5) is 51.5. The van der Waals surface area contributed by atoms with Crippen molar-refractivity contribution in [2.45, 2.75) is 62.9 Å². The summed E-state index contributed by atoms with van der Waals surface area (Å²) in [7, 11) is 0. The number of rotatable bonds is 12. The summed E-state index contributed by atoms with van der Waals surface area (Å²) in [6, 6.07) is 1.87. The monoisotopic (exact) mass is 510 g/mol. The number of carbonyl (C=O) groups is 4. The SMILES string of the molecule is CSCCC(NC(=O)C1CCCN1C(=O)C(NC(=O)C(N)Cc1ccc(O)cc1)C(C)O)C(=O)O. The molecule has 1 fully saturated rings. The third-order valence-corrected chi connectivity index (χ3v) is 6.48. The van der Waals surface area contributed by atoms with Crippen LogP contribution in [0.5, 0.6) is 5.75 Å². The highest BCUT2D eigenvalue weighted by atomic mass is 32.2. The lowest BCUT2D eigenvalue weighted by Gasteiger charge is -2.31. The van der Waals surface area contributed by atoms with E-state index in [0.717, 1.165) is 0 Å². The second-order valence-electron chi connectivity index (χ2n) is 8.57. The number of thioether (sulfide) groups is 1. The molecule has 0 spiro atoms. The minimum atomic E-state index is -1.33. The predicted molar refractivity (Wildman–Crippen MR) is 131 cm³/mol. The first-order valence-electron chi connectivity index (χ1n) is 11.4. The summed E-state index contributed by atoms with van der Waals surface area (Å²) >= 11 is 1.46. The summed E-state index contributed by atoms with van der Waals surface area (Å²) in [5, 5.41) is 34.0. The first-order valence-corrected chi connectivity index (χ1v) is 12.8. The normalized spacial score (nSPS) is 18.9. The van der Waals surface area contributed by atoms with Crippen LogP contribution in [0.3, 0.4) is 0 Å². The molecule has 1 aromatic rings. The van der Waals surface area contributed by atoms with Crippen molar-refractivity contribution in [2.75, 3.05) is 18.6 Å². The summed E-state index contributed by atoms with van der Waals surface area (Å²) in [6.07, 6.45) is 1.83. The van der Waals surface area contributed by atoms with Crippen LogP contribution in [0.4, 0.5) is 0 Å². The van der Waals surface area contributed by atoms with Gasteiger partial charge in [-0.3, -0.25) is 14.4 Å². The fraction of sp³-hybridized carbons (Fsp3) is 0.565. The number of hydrogen-bond acceptors (Lipinski definition) is 8. The molecule has 0 saturated carbocycles. The van der Waals surface area contributed by atoms with E-state index in [1.807, 2.05) is 6.26 Å². The maximum absolute atomic E-state index is 13.2. The van der Waals surface area contributed by atoms with Crippen LogP contribution >= 0.6 is 11.8 Å². The van der Waals surface area contributed by atoms with E-state index in [-0.39, 0.29) is 25.1 Å². The molecule has 0 aliphatic carbocycles. The highest BCUT2D eigenvalue weighted by molar-refractivity contribution is 7.98. The van der Waals surface area contributed by atoms with E-state index < -0.39 is 54.0 Å². The summed E-state index contributed by atoms with van der Waals surface area (Å²) in [5.74, 6) is -2.40. The number of carbonyl (C=O) groups excluding carboxylic acids is 3. The molecule has 2 rings (SSSR count). The Morgan fingerprint density at radius 3 is 2.43 bits per heavy atom. The maximum atomic E-state index is 13.2.